The van der Waals surface area contributed by atoms with Crippen molar-refractivity contribution in [2.24, 2.45) is 0 Å². The summed E-state index contributed by atoms with van der Waals surface area (Å²) in [6, 6.07) is 12.2. The molecule has 0 amide bonds. The van der Waals surface area contributed by atoms with E-state index in [1.54, 1.807) is 0 Å². The third kappa shape index (κ3) is 3.15. The molecular weight excluding hydrogens is 246 g/mol. The SMILES string of the molecule is CCc1ccc(C(Cc2ccc(Cl)cc2)NC)o1. The molecule has 0 aliphatic heterocycles. The Morgan fingerprint density at radius 3 is 2.44 bits per heavy atom. The molecule has 18 heavy (non-hydrogen) atoms. The van der Waals surface area contributed by atoms with Gasteiger partial charge in [-0.1, -0.05) is 30.7 Å². The maximum atomic E-state index is 5.89. The zero-order valence-corrected chi connectivity index (χ0v) is 11.5. The molecule has 2 rings (SSSR count). The molecule has 0 aliphatic rings. The van der Waals surface area contributed by atoms with E-state index in [1.165, 1.54) is 5.56 Å². The summed E-state index contributed by atoms with van der Waals surface area (Å²) in [4.78, 5) is 0. The summed E-state index contributed by atoms with van der Waals surface area (Å²) in [6.07, 6.45) is 1.82. The molecule has 1 aromatic carbocycles. The summed E-state index contributed by atoms with van der Waals surface area (Å²) in [6.45, 7) is 2.09. The maximum Gasteiger partial charge on any atom is 0.121 e. The Morgan fingerprint density at radius 1 is 1.17 bits per heavy atom. The van der Waals surface area contributed by atoms with E-state index >= 15 is 0 Å². The fraction of sp³-hybridized carbons (Fsp3) is 0.333. The van der Waals surface area contributed by atoms with Gasteiger partial charge in [0.05, 0.1) is 6.04 Å². The summed E-state index contributed by atoms with van der Waals surface area (Å²) in [5, 5.41) is 4.06. The molecule has 0 saturated heterocycles. The summed E-state index contributed by atoms with van der Waals surface area (Å²) < 4.78 is 5.79. The van der Waals surface area contributed by atoms with E-state index in [0.717, 1.165) is 29.4 Å². The maximum absolute atomic E-state index is 5.89. The van der Waals surface area contributed by atoms with E-state index in [0.29, 0.717) is 0 Å². The summed E-state index contributed by atoms with van der Waals surface area (Å²) in [5.74, 6) is 2.02. The summed E-state index contributed by atoms with van der Waals surface area (Å²) >= 11 is 5.89. The Bertz CT molecular complexity index is 489. The molecule has 0 radical (unpaired) electrons. The lowest BCUT2D eigenvalue weighted by Gasteiger charge is -2.13. The molecular formula is C15H18ClNO. The Labute approximate surface area is 113 Å². The minimum Gasteiger partial charge on any atom is -0.464 e. The zero-order chi connectivity index (χ0) is 13.0. The predicted octanol–water partition coefficient (Wildman–Crippen LogP) is 4.00. The van der Waals surface area contributed by atoms with Crippen molar-refractivity contribution >= 4 is 11.6 Å². The van der Waals surface area contributed by atoms with Crippen LogP contribution >= 0.6 is 11.6 Å². The topological polar surface area (TPSA) is 25.2 Å². The van der Waals surface area contributed by atoms with Crippen LogP contribution in [0.2, 0.25) is 5.02 Å². The molecule has 1 heterocycles. The second kappa shape index (κ2) is 6.07. The van der Waals surface area contributed by atoms with Gasteiger partial charge in [0.25, 0.3) is 0 Å². The molecule has 1 unspecified atom stereocenters. The number of rotatable bonds is 5. The van der Waals surface area contributed by atoms with Crippen molar-refractivity contribution in [3.63, 3.8) is 0 Å². The number of furan rings is 1. The lowest BCUT2D eigenvalue weighted by atomic mass is 10.0. The third-order valence-electron chi connectivity index (χ3n) is 3.08. The molecule has 0 aliphatic carbocycles. The number of likely N-dealkylation sites (N-methyl/N-ethyl adjacent to an activating group) is 1. The molecule has 2 nitrogen and oxygen atoms in total. The largest absolute Gasteiger partial charge is 0.464 e. The first-order valence-electron chi connectivity index (χ1n) is 6.23. The number of aryl methyl sites for hydroxylation is 1. The van der Waals surface area contributed by atoms with Gasteiger partial charge >= 0.3 is 0 Å². The molecule has 1 atom stereocenters. The van der Waals surface area contributed by atoms with Crippen molar-refractivity contribution < 1.29 is 4.42 Å². The molecule has 3 heteroatoms. The van der Waals surface area contributed by atoms with E-state index in [4.69, 9.17) is 16.0 Å². The van der Waals surface area contributed by atoms with Crippen molar-refractivity contribution in [1.82, 2.24) is 5.32 Å². The number of hydrogen-bond donors (Lipinski definition) is 1. The number of halogens is 1. The van der Waals surface area contributed by atoms with Gasteiger partial charge in [0, 0.05) is 11.4 Å². The normalized spacial score (nSPS) is 12.6. The highest BCUT2D eigenvalue weighted by molar-refractivity contribution is 6.30. The van der Waals surface area contributed by atoms with Gasteiger partial charge in [-0.15, -0.1) is 0 Å². The van der Waals surface area contributed by atoms with Gasteiger partial charge in [-0.25, -0.2) is 0 Å². The van der Waals surface area contributed by atoms with Crippen molar-refractivity contribution in [2.75, 3.05) is 7.05 Å². The number of hydrogen-bond acceptors (Lipinski definition) is 2. The van der Waals surface area contributed by atoms with E-state index in [1.807, 2.05) is 25.2 Å². The van der Waals surface area contributed by atoms with Crippen LogP contribution in [0.5, 0.6) is 0 Å². The van der Waals surface area contributed by atoms with E-state index < -0.39 is 0 Å². The van der Waals surface area contributed by atoms with Gasteiger partial charge in [0.1, 0.15) is 11.5 Å². The molecule has 0 saturated carbocycles. The highest BCUT2D eigenvalue weighted by Crippen LogP contribution is 2.21. The monoisotopic (exact) mass is 263 g/mol. The van der Waals surface area contributed by atoms with E-state index in [2.05, 4.69) is 30.4 Å². The van der Waals surface area contributed by atoms with Crippen LogP contribution in [0.4, 0.5) is 0 Å². The lowest BCUT2D eigenvalue weighted by Crippen LogP contribution is -2.18. The second-order valence-corrected chi connectivity index (χ2v) is 4.77. The third-order valence-corrected chi connectivity index (χ3v) is 3.33. The van der Waals surface area contributed by atoms with Crippen molar-refractivity contribution in [3.05, 3.63) is 58.5 Å². The van der Waals surface area contributed by atoms with Crippen LogP contribution in [-0.2, 0) is 12.8 Å². The molecule has 0 spiro atoms. The van der Waals surface area contributed by atoms with E-state index in [-0.39, 0.29) is 6.04 Å². The van der Waals surface area contributed by atoms with Crippen LogP contribution in [0, 0.1) is 0 Å². The van der Waals surface area contributed by atoms with Crippen LogP contribution in [0.3, 0.4) is 0 Å². The van der Waals surface area contributed by atoms with Gasteiger partial charge in [-0.2, -0.15) is 0 Å². The second-order valence-electron chi connectivity index (χ2n) is 4.33. The zero-order valence-electron chi connectivity index (χ0n) is 10.7. The standard InChI is InChI=1S/C15H18ClNO/c1-3-13-8-9-15(18-13)14(17-2)10-11-4-6-12(16)7-5-11/h4-9,14,17H,3,10H2,1-2H3. The van der Waals surface area contributed by atoms with Crippen LogP contribution in [0.15, 0.2) is 40.8 Å². The summed E-state index contributed by atoms with van der Waals surface area (Å²) in [5.41, 5.74) is 1.24. The first-order chi connectivity index (χ1) is 8.72. The fourth-order valence-electron chi connectivity index (χ4n) is 1.97. The van der Waals surface area contributed by atoms with Crippen LogP contribution in [0.25, 0.3) is 0 Å². The predicted molar refractivity (Wildman–Crippen MR) is 75.0 cm³/mol. The van der Waals surface area contributed by atoms with Gasteiger partial charge in [0.15, 0.2) is 0 Å². The highest BCUT2D eigenvalue weighted by Gasteiger charge is 2.14. The lowest BCUT2D eigenvalue weighted by molar-refractivity contribution is 0.407. The molecule has 1 N–H and O–H groups in total. The number of nitrogens with one attached hydrogen (secondary N) is 1. The first-order valence-corrected chi connectivity index (χ1v) is 6.61. The summed E-state index contributed by atoms with van der Waals surface area (Å²) in [7, 11) is 1.95. The van der Waals surface area contributed by atoms with Crippen LogP contribution in [0.1, 0.15) is 30.0 Å². The van der Waals surface area contributed by atoms with Crippen molar-refractivity contribution in [1.29, 1.82) is 0 Å². The van der Waals surface area contributed by atoms with Crippen LogP contribution in [-0.4, -0.2) is 7.05 Å². The molecule has 0 fully saturated rings. The molecule has 1 aromatic heterocycles. The Balaban J connectivity index is 2.11. The Morgan fingerprint density at radius 2 is 1.89 bits per heavy atom. The first kappa shape index (κ1) is 13.2. The van der Waals surface area contributed by atoms with Gasteiger partial charge in [-0.3, -0.25) is 0 Å². The highest BCUT2D eigenvalue weighted by atomic mass is 35.5. The Hall–Kier alpha value is -1.25. The minimum atomic E-state index is 0.200. The van der Waals surface area contributed by atoms with Crippen molar-refractivity contribution in [3.8, 4) is 0 Å². The van der Waals surface area contributed by atoms with Gasteiger partial charge < -0.3 is 9.73 Å². The fourth-order valence-corrected chi connectivity index (χ4v) is 2.10. The average Bonchev–Trinajstić information content (AvgIpc) is 2.87. The molecule has 96 valence electrons. The molecule has 0 bridgehead atoms. The van der Waals surface area contributed by atoms with Gasteiger partial charge in [-0.05, 0) is 43.3 Å². The number of benzene rings is 1. The molecule has 2 aromatic rings. The van der Waals surface area contributed by atoms with Crippen LogP contribution < -0.4 is 5.32 Å². The van der Waals surface area contributed by atoms with E-state index in [9.17, 15) is 0 Å². The smallest absolute Gasteiger partial charge is 0.121 e. The minimum absolute atomic E-state index is 0.200. The Kier molecular flexibility index (Phi) is 4.45. The van der Waals surface area contributed by atoms with Gasteiger partial charge in [0.2, 0.25) is 0 Å². The van der Waals surface area contributed by atoms with Crippen molar-refractivity contribution in [2.45, 2.75) is 25.8 Å². The average molecular weight is 264 g/mol. The quantitative estimate of drug-likeness (QED) is 0.882.